The molecule has 0 unspecified atom stereocenters. The molecule has 0 amide bonds. The van der Waals surface area contributed by atoms with E-state index in [1.165, 1.54) is 22.3 Å². The Morgan fingerprint density at radius 3 is 0.851 bits per heavy atom. The second-order valence-corrected chi connectivity index (χ2v) is 11.3. The van der Waals surface area contributed by atoms with Crippen LogP contribution in [0.3, 0.4) is 0 Å². The van der Waals surface area contributed by atoms with Crippen molar-refractivity contribution in [3.05, 3.63) is 145 Å². The summed E-state index contributed by atoms with van der Waals surface area (Å²) in [6.07, 6.45) is 0.890. The number of nitrogens with zero attached hydrogens (tertiary/aromatic N) is 2. The minimum Gasteiger partial charge on any atom is -0.497 e. The van der Waals surface area contributed by atoms with Gasteiger partial charge < -0.3 is 28.7 Å². The van der Waals surface area contributed by atoms with Crippen LogP contribution in [0.25, 0.3) is 11.1 Å². The number of anilines is 6. The standard InChI is InChI=1S/C41H36N2O4/c1-44-36-17-9-30(10-18-36)42(31-11-19-37(45-2)20-12-31)34-7-5-28-25-29-6-8-35(27-41(29)40(28)26-34)43(32-13-21-38(46-3)22-14-32)33-15-23-39(47-4)24-16-33/h5-24,26-27H,25H2,1-4H3. The van der Waals surface area contributed by atoms with Crippen molar-refractivity contribution < 1.29 is 18.9 Å². The summed E-state index contributed by atoms with van der Waals surface area (Å²) >= 11 is 0. The van der Waals surface area contributed by atoms with Crippen molar-refractivity contribution in [2.24, 2.45) is 0 Å². The zero-order valence-corrected chi connectivity index (χ0v) is 26.9. The molecule has 1 aliphatic rings. The Morgan fingerprint density at radius 1 is 0.340 bits per heavy atom. The Hall–Kier alpha value is -5.88. The Labute approximate surface area is 276 Å². The number of fused-ring (bicyclic) bond motifs is 3. The van der Waals surface area contributed by atoms with Crippen LogP contribution in [0.5, 0.6) is 23.0 Å². The van der Waals surface area contributed by atoms with E-state index < -0.39 is 0 Å². The fraction of sp³-hybridized carbons (Fsp3) is 0.122. The summed E-state index contributed by atoms with van der Waals surface area (Å²) in [5.41, 5.74) is 11.4. The summed E-state index contributed by atoms with van der Waals surface area (Å²) in [6.45, 7) is 0. The normalized spacial score (nSPS) is 11.3. The van der Waals surface area contributed by atoms with E-state index in [4.69, 9.17) is 18.9 Å². The quantitative estimate of drug-likeness (QED) is 0.152. The number of benzene rings is 6. The van der Waals surface area contributed by atoms with Gasteiger partial charge in [0.25, 0.3) is 0 Å². The topological polar surface area (TPSA) is 43.4 Å². The van der Waals surface area contributed by atoms with Crippen LogP contribution in [0.4, 0.5) is 34.1 Å². The van der Waals surface area contributed by atoms with Crippen LogP contribution >= 0.6 is 0 Å². The van der Waals surface area contributed by atoms with E-state index in [1.54, 1.807) is 28.4 Å². The maximum Gasteiger partial charge on any atom is 0.119 e. The molecular weight excluding hydrogens is 584 g/mol. The third kappa shape index (κ3) is 5.82. The van der Waals surface area contributed by atoms with Gasteiger partial charge in [-0.3, -0.25) is 0 Å². The van der Waals surface area contributed by atoms with Gasteiger partial charge in [0, 0.05) is 34.1 Å². The van der Waals surface area contributed by atoms with Crippen molar-refractivity contribution >= 4 is 34.1 Å². The van der Waals surface area contributed by atoms with Gasteiger partial charge in [0.05, 0.1) is 28.4 Å². The van der Waals surface area contributed by atoms with Gasteiger partial charge in [0.15, 0.2) is 0 Å². The molecule has 0 aliphatic heterocycles. The Balaban J connectivity index is 1.32. The number of hydrogen-bond acceptors (Lipinski definition) is 6. The van der Waals surface area contributed by atoms with Crippen molar-refractivity contribution in [3.8, 4) is 34.1 Å². The SMILES string of the molecule is COc1ccc(N(c2ccc(OC)cc2)c2ccc3c(c2)-c2cc(N(c4ccc(OC)cc4)c4ccc(OC)cc4)ccc2C3)cc1. The molecule has 6 nitrogen and oxygen atoms in total. The third-order valence-corrected chi connectivity index (χ3v) is 8.70. The van der Waals surface area contributed by atoms with E-state index in [-0.39, 0.29) is 0 Å². The molecular formula is C41H36N2O4. The number of rotatable bonds is 10. The van der Waals surface area contributed by atoms with Crippen LogP contribution in [0, 0.1) is 0 Å². The Kier molecular flexibility index (Phi) is 8.15. The first kappa shape index (κ1) is 29.8. The van der Waals surface area contributed by atoms with Crippen LogP contribution in [0.2, 0.25) is 0 Å². The van der Waals surface area contributed by atoms with E-state index in [0.29, 0.717) is 0 Å². The maximum atomic E-state index is 5.46. The van der Waals surface area contributed by atoms with Crippen molar-refractivity contribution in [2.45, 2.75) is 6.42 Å². The summed E-state index contributed by atoms with van der Waals surface area (Å²) in [4.78, 5) is 4.53. The zero-order chi connectivity index (χ0) is 32.3. The molecule has 234 valence electrons. The molecule has 0 saturated carbocycles. The van der Waals surface area contributed by atoms with E-state index >= 15 is 0 Å². The molecule has 7 rings (SSSR count). The lowest BCUT2D eigenvalue weighted by Crippen LogP contribution is -2.10. The van der Waals surface area contributed by atoms with Crippen molar-refractivity contribution in [3.63, 3.8) is 0 Å². The smallest absolute Gasteiger partial charge is 0.119 e. The molecule has 1 aliphatic carbocycles. The van der Waals surface area contributed by atoms with Crippen LogP contribution in [0.1, 0.15) is 11.1 Å². The van der Waals surface area contributed by atoms with Crippen LogP contribution < -0.4 is 28.7 Å². The fourth-order valence-electron chi connectivity index (χ4n) is 6.24. The maximum absolute atomic E-state index is 5.46. The van der Waals surface area contributed by atoms with Gasteiger partial charge in [-0.25, -0.2) is 0 Å². The molecule has 6 aromatic rings. The highest BCUT2D eigenvalue weighted by Gasteiger charge is 2.23. The predicted octanol–water partition coefficient (Wildman–Crippen LogP) is 10.2. The molecule has 0 atom stereocenters. The first-order valence-corrected chi connectivity index (χ1v) is 15.5. The van der Waals surface area contributed by atoms with Gasteiger partial charge in [0.1, 0.15) is 23.0 Å². The molecule has 6 aromatic carbocycles. The van der Waals surface area contributed by atoms with Gasteiger partial charge in [-0.15, -0.1) is 0 Å². The fourth-order valence-corrected chi connectivity index (χ4v) is 6.24. The van der Waals surface area contributed by atoms with Gasteiger partial charge in [0.2, 0.25) is 0 Å². The molecule has 6 heteroatoms. The average molecular weight is 621 g/mol. The largest absolute Gasteiger partial charge is 0.497 e. The summed E-state index contributed by atoms with van der Waals surface area (Å²) in [7, 11) is 6.75. The molecule has 0 spiro atoms. The van der Waals surface area contributed by atoms with Crippen molar-refractivity contribution in [1.82, 2.24) is 0 Å². The lowest BCUT2D eigenvalue weighted by molar-refractivity contribution is 0.414. The van der Waals surface area contributed by atoms with Crippen LogP contribution in [-0.4, -0.2) is 28.4 Å². The molecule has 0 bridgehead atoms. The molecule has 47 heavy (non-hydrogen) atoms. The summed E-state index contributed by atoms with van der Waals surface area (Å²) in [6, 6.07) is 46.2. The lowest BCUT2D eigenvalue weighted by atomic mass is 10.0. The minimum atomic E-state index is 0.817. The Bertz CT molecular complexity index is 1750. The number of methoxy groups -OCH3 is 4. The Morgan fingerprint density at radius 2 is 0.596 bits per heavy atom. The van der Waals surface area contributed by atoms with Crippen molar-refractivity contribution in [2.75, 3.05) is 38.2 Å². The van der Waals surface area contributed by atoms with Crippen LogP contribution in [0.15, 0.2) is 133 Å². The second kappa shape index (κ2) is 12.9. The van der Waals surface area contributed by atoms with Gasteiger partial charge >= 0.3 is 0 Å². The number of hydrogen-bond donors (Lipinski definition) is 0. The highest BCUT2D eigenvalue weighted by molar-refractivity contribution is 5.88. The molecule has 0 fully saturated rings. The lowest BCUT2D eigenvalue weighted by Gasteiger charge is -2.27. The summed E-state index contributed by atoms with van der Waals surface area (Å²) in [5, 5.41) is 0. The predicted molar refractivity (Wildman–Crippen MR) is 190 cm³/mol. The van der Waals surface area contributed by atoms with E-state index in [9.17, 15) is 0 Å². The van der Waals surface area contributed by atoms with Gasteiger partial charge in [-0.2, -0.15) is 0 Å². The van der Waals surface area contributed by atoms with E-state index in [2.05, 4.69) is 94.7 Å². The molecule has 0 radical (unpaired) electrons. The first-order valence-electron chi connectivity index (χ1n) is 15.5. The summed E-state index contributed by atoms with van der Waals surface area (Å²) < 4.78 is 21.8. The molecule has 0 saturated heterocycles. The third-order valence-electron chi connectivity index (χ3n) is 8.70. The highest BCUT2D eigenvalue weighted by Crippen LogP contribution is 2.45. The zero-order valence-electron chi connectivity index (χ0n) is 26.9. The molecule has 0 N–H and O–H groups in total. The average Bonchev–Trinajstić information content (AvgIpc) is 3.50. The second-order valence-electron chi connectivity index (χ2n) is 11.3. The van der Waals surface area contributed by atoms with Crippen molar-refractivity contribution in [1.29, 1.82) is 0 Å². The van der Waals surface area contributed by atoms with Gasteiger partial charge in [-0.05, 0) is 150 Å². The molecule has 0 aromatic heterocycles. The van der Waals surface area contributed by atoms with Gasteiger partial charge in [-0.1, -0.05) is 12.1 Å². The minimum absolute atomic E-state index is 0.817. The highest BCUT2D eigenvalue weighted by atomic mass is 16.5. The van der Waals surface area contributed by atoms with Crippen LogP contribution in [-0.2, 0) is 6.42 Å². The monoisotopic (exact) mass is 620 g/mol. The first-order chi connectivity index (χ1) is 23.1. The summed E-state index contributed by atoms with van der Waals surface area (Å²) in [5.74, 6) is 3.27. The molecule has 0 heterocycles. The van der Waals surface area contributed by atoms with E-state index in [0.717, 1.165) is 63.5 Å². The van der Waals surface area contributed by atoms with E-state index in [1.807, 2.05) is 48.5 Å². The number of ether oxygens (including phenoxy) is 4.